The molecular formula is C16H20N2O2. The van der Waals surface area contributed by atoms with Gasteiger partial charge in [-0.05, 0) is 43.4 Å². The van der Waals surface area contributed by atoms with Gasteiger partial charge in [0.05, 0.1) is 5.60 Å². The molecule has 0 spiro atoms. The molecule has 2 aliphatic rings. The van der Waals surface area contributed by atoms with Crippen molar-refractivity contribution in [2.24, 2.45) is 0 Å². The van der Waals surface area contributed by atoms with E-state index in [-0.39, 0.29) is 0 Å². The minimum absolute atomic E-state index is 0.447. The van der Waals surface area contributed by atoms with Crippen molar-refractivity contribution in [3.63, 3.8) is 0 Å². The third kappa shape index (κ3) is 1.95. The average Bonchev–Trinajstić information content (AvgIpc) is 2.77. The molecule has 1 aromatic heterocycles. The molecule has 2 N–H and O–H groups in total. The summed E-state index contributed by atoms with van der Waals surface area (Å²) in [5.74, 6) is 0.673. The molecule has 2 unspecified atom stereocenters. The van der Waals surface area contributed by atoms with Crippen molar-refractivity contribution in [2.45, 2.75) is 56.7 Å². The summed E-state index contributed by atoms with van der Waals surface area (Å²) in [4.78, 5) is 4.38. The van der Waals surface area contributed by atoms with Crippen molar-refractivity contribution in [1.29, 1.82) is 0 Å². The number of aliphatic hydroxyl groups is 1. The molecule has 0 radical (unpaired) electrons. The van der Waals surface area contributed by atoms with Gasteiger partial charge in [0, 0.05) is 19.0 Å². The predicted molar refractivity (Wildman–Crippen MR) is 76.4 cm³/mol. The lowest BCUT2D eigenvalue weighted by Crippen LogP contribution is -2.54. The molecule has 4 rings (SSSR count). The molecule has 3 heterocycles. The number of benzene rings is 1. The molecule has 2 bridgehead atoms. The number of nitrogens with zero attached hydrogens (tertiary/aromatic N) is 1. The third-order valence-corrected chi connectivity index (χ3v) is 4.78. The molecule has 0 aliphatic carbocycles. The minimum atomic E-state index is -0.720. The van der Waals surface area contributed by atoms with Gasteiger partial charge in [0.1, 0.15) is 5.52 Å². The maximum atomic E-state index is 11.1. The van der Waals surface area contributed by atoms with Gasteiger partial charge < -0.3 is 14.8 Å². The van der Waals surface area contributed by atoms with Crippen LogP contribution in [0.25, 0.3) is 11.1 Å². The maximum absolute atomic E-state index is 11.1. The summed E-state index contributed by atoms with van der Waals surface area (Å²) in [5, 5.41) is 14.7. The number of hydrogen-bond acceptors (Lipinski definition) is 4. The SMILES string of the molecule is Cc1nc2cc(C3(O)CC4CCCC(C3)N4)ccc2o1. The van der Waals surface area contributed by atoms with E-state index in [1.54, 1.807) is 0 Å². The van der Waals surface area contributed by atoms with Gasteiger partial charge in [0.15, 0.2) is 11.5 Å². The van der Waals surface area contributed by atoms with Crippen LogP contribution in [0.1, 0.15) is 43.6 Å². The fourth-order valence-corrected chi connectivity index (χ4v) is 3.90. The standard InChI is InChI=1S/C16H20N2O2/c1-10-17-14-7-11(5-6-15(14)20-10)16(19)8-12-3-2-4-13(9-16)18-12/h5-7,12-13,18-19H,2-4,8-9H2,1H3. The number of aryl methyl sites for hydroxylation is 1. The van der Waals surface area contributed by atoms with Crippen LogP contribution in [-0.2, 0) is 5.60 Å². The third-order valence-electron chi connectivity index (χ3n) is 4.78. The predicted octanol–water partition coefficient (Wildman–Crippen LogP) is 2.63. The first-order valence-corrected chi connectivity index (χ1v) is 7.48. The van der Waals surface area contributed by atoms with E-state index >= 15 is 0 Å². The van der Waals surface area contributed by atoms with E-state index < -0.39 is 5.60 Å². The van der Waals surface area contributed by atoms with Gasteiger partial charge in [0.25, 0.3) is 0 Å². The highest BCUT2D eigenvalue weighted by atomic mass is 16.3. The highest BCUT2D eigenvalue weighted by Crippen LogP contribution is 2.40. The van der Waals surface area contributed by atoms with Crippen LogP contribution in [0, 0.1) is 6.92 Å². The lowest BCUT2D eigenvalue weighted by molar-refractivity contribution is -0.0357. The second kappa shape index (κ2) is 4.30. The zero-order chi connectivity index (χ0) is 13.7. The van der Waals surface area contributed by atoms with Crippen LogP contribution in [0.15, 0.2) is 22.6 Å². The van der Waals surface area contributed by atoms with E-state index in [4.69, 9.17) is 4.42 Å². The molecule has 0 saturated carbocycles. The molecule has 2 fully saturated rings. The first-order valence-electron chi connectivity index (χ1n) is 7.48. The quantitative estimate of drug-likeness (QED) is 0.838. The minimum Gasteiger partial charge on any atom is -0.441 e. The van der Waals surface area contributed by atoms with Crippen molar-refractivity contribution in [3.8, 4) is 0 Å². The van der Waals surface area contributed by atoms with Crippen LogP contribution >= 0.6 is 0 Å². The Morgan fingerprint density at radius 1 is 1.30 bits per heavy atom. The Hall–Kier alpha value is -1.39. The summed E-state index contributed by atoms with van der Waals surface area (Å²) in [7, 11) is 0. The Labute approximate surface area is 118 Å². The molecule has 2 aliphatic heterocycles. The molecule has 2 atom stereocenters. The number of piperidine rings is 2. The number of nitrogens with one attached hydrogen (secondary N) is 1. The van der Waals surface area contributed by atoms with E-state index in [0.717, 1.165) is 29.5 Å². The maximum Gasteiger partial charge on any atom is 0.192 e. The summed E-state index contributed by atoms with van der Waals surface area (Å²) in [6.07, 6.45) is 5.21. The first-order chi connectivity index (χ1) is 9.62. The van der Waals surface area contributed by atoms with Crippen LogP contribution < -0.4 is 5.32 Å². The Bertz CT molecular complexity index is 637. The van der Waals surface area contributed by atoms with Gasteiger partial charge in [-0.1, -0.05) is 12.5 Å². The lowest BCUT2D eigenvalue weighted by Gasteiger charge is -2.45. The molecule has 1 aromatic carbocycles. The van der Waals surface area contributed by atoms with Crippen molar-refractivity contribution < 1.29 is 9.52 Å². The monoisotopic (exact) mass is 272 g/mol. The molecule has 4 nitrogen and oxygen atoms in total. The normalized spacial score (nSPS) is 33.5. The van der Waals surface area contributed by atoms with Gasteiger partial charge in [-0.25, -0.2) is 4.98 Å². The highest BCUT2D eigenvalue weighted by molar-refractivity contribution is 5.73. The van der Waals surface area contributed by atoms with Crippen LogP contribution in [0.4, 0.5) is 0 Å². The van der Waals surface area contributed by atoms with Gasteiger partial charge in [0.2, 0.25) is 0 Å². The largest absolute Gasteiger partial charge is 0.441 e. The number of oxazole rings is 1. The lowest BCUT2D eigenvalue weighted by atomic mass is 9.74. The van der Waals surface area contributed by atoms with E-state index in [9.17, 15) is 5.11 Å². The first kappa shape index (κ1) is 12.4. The van der Waals surface area contributed by atoms with Gasteiger partial charge in [-0.15, -0.1) is 0 Å². The van der Waals surface area contributed by atoms with Crippen molar-refractivity contribution >= 4 is 11.1 Å². The highest BCUT2D eigenvalue weighted by Gasteiger charge is 2.41. The molecule has 4 heteroatoms. The molecular weight excluding hydrogens is 252 g/mol. The van der Waals surface area contributed by atoms with Gasteiger partial charge >= 0.3 is 0 Å². The Morgan fingerprint density at radius 3 is 2.80 bits per heavy atom. The topological polar surface area (TPSA) is 58.3 Å². The summed E-state index contributed by atoms with van der Waals surface area (Å²) in [6.45, 7) is 1.85. The van der Waals surface area contributed by atoms with Crippen LogP contribution in [0.3, 0.4) is 0 Å². The summed E-state index contributed by atoms with van der Waals surface area (Å²) in [5.41, 5.74) is 1.90. The smallest absolute Gasteiger partial charge is 0.192 e. The molecule has 2 aromatic rings. The summed E-state index contributed by atoms with van der Waals surface area (Å²) >= 11 is 0. The summed E-state index contributed by atoms with van der Waals surface area (Å²) in [6, 6.07) is 6.81. The number of hydrogen-bond donors (Lipinski definition) is 2. The van der Waals surface area contributed by atoms with Crippen molar-refractivity contribution in [1.82, 2.24) is 10.3 Å². The number of aromatic nitrogens is 1. The zero-order valence-electron chi connectivity index (χ0n) is 11.7. The van der Waals surface area contributed by atoms with E-state index in [1.807, 2.05) is 25.1 Å². The Morgan fingerprint density at radius 2 is 2.05 bits per heavy atom. The van der Waals surface area contributed by atoms with E-state index in [1.165, 1.54) is 19.3 Å². The van der Waals surface area contributed by atoms with Crippen LogP contribution in [0.2, 0.25) is 0 Å². The molecule has 0 amide bonds. The molecule has 106 valence electrons. The van der Waals surface area contributed by atoms with E-state index in [0.29, 0.717) is 18.0 Å². The number of fused-ring (bicyclic) bond motifs is 3. The van der Waals surface area contributed by atoms with Crippen LogP contribution in [0.5, 0.6) is 0 Å². The average molecular weight is 272 g/mol. The van der Waals surface area contributed by atoms with Gasteiger partial charge in [-0.2, -0.15) is 0 Å². The molecule has 2 saturated heterocycles. The Balaban J connectivity index is 1.73. The van der Waals surface area contributed by atoms with Crippen molar-refractivity contribution in [3.05, 3.63) is 29.7 Å². The fourth-order valence-electron chi connectivity index (χ4n) is 3.90. The second-order valence-corrected chi connectivity index (χ2v) is 6.35. The zero-order valence-corrected chi connectivity index (χ0v) is 11.7. The number of rotatable bonds is 1. The Kier molecular flexibility index (Phi) is 2.66. The fraction of sp³-hybridized carbons (Fsp3) is 0.562. The van der Waals surface area contributed by atoms with Gasteiger partial charge in [-0.3, -0.25) is 0 Å². The second-order valence-electron chi connectivity index (χ2n) is 6.35. The summed E-state index contributed by atoms with van der Waals surface area (Å²) < 4.78 is 5.51. The van der Waals surface area contributed by atoms with E-state index in [2.05, 4.69) is 10.3 Å². The van der Waals surface area contributed by atoms with Crippen LogP contribution in [-0.4, -0.2) is 22.2 Å². The van der Waals surface area contributed by atoms with Crippen molar-refractivity contribution in [2.75, 3.05) is 0 Å². The molecule has 20 heavy (non-hydrogen) atoms.